The van der Waals surface area contributed by atoms with E-state index in [0.29, 0.717) is 4.96 Å². The van der Waals surface area contributed by atoms with E-state index in [2.05, 4.69) is 4.98 Å². The zero-order valence-corrected chi connectivity index (χ0v) is 11.9. The predicted molar refractivity (Wildman–Crippen MR) is 72.1 cm³/mol. The van der Waals surface area contributed by atoms with Crippen molar-refractivity contribution in [1.82, 2.24) is 13.7 Å². The van der Waals surface area contributed by atoms with E-state index in [1.807, 2.05) is 6.07 Å². The quantitative estimate of drug-likeness (QED) is 0.883. The first-order valence-corrected chi connectivity index (χ1v) is 7.92. The molecule has 0 radical (unpaired) electrons. The van der Waals surface area contributed by atoms with E-state index >= 15 is 0 Å². The maximum absolute atomic E-state index is 12.5. The number of sulfonamides is 1. The Labute approximate surface area is 114 Å². The summed E-state index contributed by atoms with van der Waals surface area (Å²) in [6, 6.07) is 1.94. The summed E-state index contributed by atoms with van der Waals surface area (Å²) in [4.78, 5) is 4.56. The molecule has 0 spiro atoms. The molecule has 0 atom stereocenters. The Morgan fingerprint density at radius 3 is 3.00 bits per heavy atom. The molecule has 0 aromatic carbocycles. The number of fused-ring (bicyclic) bond motifs is 1. The molecule has 0 unspecified atom stereocenters. The van der Waals surface area contributed by atoms with Gasteiger partial charge in [0.1, 0.15) is 0 Å². The zero-order chi connectivity index (χ0) is 14.0. The van der Waals surface area contributed by atoms with Gasteiger partial charge in [0, 0.05) is 31.1 Å². The van der Waals surface area contributed by atoms with E-state index in [0.717, 1.165) is 0 Å². The summed E-state index contributed by atoms with van der Waals surface area (Å²) < 4.78 is 27.8. The SMILES string of the molecule is CCN(CCC#N)S(=O)(=O)c1c(N)nc2sccn12. The Morgan fingerprint density at radius 2 is 2.37 bits per heavy atom. The van der Waals surface area contributed by atoms with Gasteiger partial charge >= 0.3 is 0 Å². The van der Waals surface area contributed by atoms with Crippen LogP contribution in [0.5, 0.6) is 0 Å². The van der Waals surface area contributed by atoms with Gasteiger partial charge in [-0.2, -0.15) is 9.57 Å². The molecule has 2 aromatic heterocycles. The first-order chi connectivity index (χ1) is 9.02. The molecule has 2 aromatic rings. The fraction of sp³-hybridized carbons (Fsp3) is 0.400. The number of nitrogens with two attached hydrogens (primary N) is 1. The summed E-state index contributed by atoms with van der Waals surface area (Å²) in [5, 5.41) is 10.3. The second kappa shape index (κ2) is 5.16. The van der Waals surface area contributed by atoms with Gasteiger partial charge < -0.3 is 5.73 Å². The number of anilines is 1. The molecule has 7 nitrogen and oxygen atoms in total. The maximum atomic E-state index is 12.5. The van der Waals surface area contributed by atoms with Crippen molar-refractivity contribution in [3.63, 3.8) is 0 Å². The summed E-state index contributed by atoms with van der Waals surface area (Å²) >= 11 is 1.31. The number of aromatic nitrogens is 2. The van der Waals surface area contributed by atoms with E-state index < -0.39 is 10.0 Å². The van der Waals surface area contributed by atoms with Gasteiger partial charge in [-0.05, 0) is 0 Å². The Balaban J connectivity index is 2.51. The monoisotopic (exact) mass is 299 g/mol. The molecule has 0 saturated carbocycles. The third kappa shape index (κ3) is 2.30. The van der Waals surface area contributed by atoms with Crippen molar-refractivity contribution < 1.29 is 8.42 Å². The van der Waals surface area contributed by atoms with E-state index in [-0.39, 0.29) is 30.4 Å². The third-order valence-corrected chi connectivity index (χ3v) is 5.43. The van der Waals surface area contributed by atoms with Gasteiger partial charge in [-0.1, -0.05) is 6.92 Å². The van der Waals surface area contributed by atoms with Crippen LogP contribution in [-0.2, 0) is 10.0 Å². The molecule has 9 heteroatoms. The van der Waals surface area contributed by atoms with Crippen LogP contribution in [0.4, 0.5) is 5.82 Å². The highest BCUT2D eigenvalue weighted by Gasteiger charge is 2.29. The van der Waals surface area contributed by atoms with Crippen molar-refractivity contribution in [2.75, 3.05) is 18.8 Å². The van der Waals surface area contributed by atoms with Crippen molar-refractivity contribution in [2.45, 2.75) is 18.4 Å². The molecule has 2 rings (SSSR count). The molecule has 0 fully saturated rings. The summed E-state index contributed by atoms with van der Waals surface area (Å²) in [6.45, 7) is 2.14. The van der Waals surface area contributed by atoms with Crippen molar-refractivity contribution in [3.05, 3.63) is 11.6 Å². The van der Waals surface area contributed by atoms with Gasteiger partial charge in [-0.15, -0.1) is 11.3 Å². The van der Waals surface area contributed by atoms with Crippen molar-refractivity contribution >= 4 is 32.1 Å². The van der Waals surface area contributed by atoms with Gasteiger partial charge in [-0.25, -0.2) is 13.4 Å². The van der Waals surface area contributed by atoms with Crippen LogP contribution in [-0.4, -0.2) is 35.2 Å². The lowest BCUT2D eigenvalue weighted by atomic mass is 10.5. The van der Waals surface area contributed by atoms with Crippen molar-refractivity contribution in [1.29, 1.82) is 5.26 Å². The zero-order valence-electron chi connectivity index (χ0n) is 10.3. The number of hydrogen-bond donors (Lipinski definition) is 1. The molecule has 0 aliphatic carbocycles. The van der Waals surface area contributed by atoms with Gasteiger partial charge in [0.15, 0.2) is 15.8 Å². The minimum Gasteiger partial charge on any atom is -0.381 e. The fourth-order valence-corrected chi connectivity index (χ4v) is 4.18. The van der Waals surface area contributed by atoms with Gasteiger partial charge in [0.05, 0.1) is 6.07 Å². The standard InChI is InChI=1S/C10H13N5O2S2/c1-2-14(5-3-4-11)19(16,17)9-8(12)13-10-15(9)6-7-18-10/h6-7H,2-3,5,12H2,1H3. The van der Waals surface area contributed by atoms with Gasteiger partial charge in [0.2, 0.25) is 0 Å². The van der Waals surface area contributed by atoms with Gasteiger partial charge in [-0.3, -0.25) is 4.40 Å². The number of nitrogen functional groups attached to an aromatic ring is 1. The average Bonchev–Trinajstić information content (AvgIpc) is 2.88. The fourth-order valence-electron chi connectivity index (χ4n) is 1.78. The lowest BCUT2D eigenvalue weighted by Gasteiger charge is -2.18. The Bertz CT molecular complexity index is 725. The van der Waals surface area contributed by atoms with Crippen LogP contribution in [0.2, 0.25) is 0 Å². The summed E-state index contributed by atoms with van der Waals surface area (Å²) in [5.41, 5.74) is 5.71. The first-order valence-electron chi connectivity index (χ1n) is 5.60. The van der Waals surface area contributed by atoms with E-state index in [1.54, 1.807) is 18.5 Å². The second-order valence-corrected chi connectivity index (χ2v) is 6.49. The van der Waals surface area contributed by atoms with Crippen molar-refractivity contribution in [2.24, 2.45) is 0 Å². The molecule has 19 heavy (non-hydrogen) atoms. The Morgan fingerprint density at radius 1 is 1.63 bits per heavy atom. The molecule has 2 N–H and O–H groups in total. The highest BCUT2D eigenvalue weighted by atomic mass is 32.2. The number of thiazole rings is 1. The molecule has 2 heterocycles. The van der Waals surface area contributed by atoms with Crippen LogP contribution in [0.1, 0.15) is 13.3 Å². The lowest BCUT2D eigenvalue weighted by Crippen LogP contribution is -2.33. The van der Waals surface area contributed by atoms with Crippen LogP contribution in [0, 0.1) is 11.3 Å². The Hall–Kier alpha value is -1.63. The molecule has 0 aliphatic heterocycles. The number of nitrogens with zero attached hydrogens (tertiary/aromatic N) is 4. The largest absolute Gasteiger partial charge is 0.381 e. The van der Waals surface area contributed by atoms with Crippen LogP contribution in [0.15, 0.2) is 16.6 Å². The number of rotatable bonds is 5. The molecular formula is C10H13N5O2S2. The summed E-state index contributed by atoms with van der Waals surface area (Å²) in [7, 11) is -3.74. The molecule has 102 valence electrons. The number of hydrogen-bond acceptors (Lipinski definition) is 6. The molecule has 0 bridgehead atoms. The predicted octanol–water partition coefficient (Wildman–Crippen LogP) is 0.902. The highest BCUT2D eigenvalue weighted by Crippen LogP contribution is 2.26. The number of imidazole rings is 1. The normalized spacial score (nSPS) is 12.1. The molecule has 0 amide bonds. The average molecular weight is 299 g/mol. The summed E-state index contributed by atoms with van der Waals surface area (Å²) in [6.07, 6.45) is 1.76. The van der Waals surface area contributed by atoms with E-state index in [9.17, 15) is 8.42 Å². The van der Waals surface area contributed by atoms with E-state index in [1.165, 1.54) is 20.0 Å². The summed E-state index contributed by atoms with van der Waals surface area (Å²) in [5.74, 6) is -0.0118. The second-order valence-electron chi connectivity index (χ2n) is 3.76. The van der Waals surface area contributed by atoms with Crippen LogP contribution < -0.4 is 5.73 Å². The van der Waals surface area contributed by atoms with E-state index in [4.69, 9.17) is 11.0 Å². The number of nitriles is 1. The lowest BCUT2D eigenvalue weighted by molar-refractivity contribution is 0.432. The van der Waals surface area contributed by atoms with Gasteiger partial charge in [0.25, 0.3) is 10.0 Å². The smallest absolute Gasteiger partial charge is 0.262 e. The third-order valence-electron chi connectivity index (χ3n) is 2.65. The first kappa shape index (κ1) is 13.8. The van der Waals surface area contributed by atoms with Crippen LogP contribution >= 0.6 is 11.3 Å². The maximum Gasteiger partial charge on any atom is 0.262 e. The van der Waals surface area contributed by atoms with Crippen LogP contribution in [0.3, 0.4) is 0 Å². The van der Waals surface area contributed by atoms with Crippen LogP contribution in [0.25, 0.3) is 4.96 Å². The molecular weight excluding hydrogens is 286 g/mol. The topological polar surface area (TPSA) is 104 Å². The highest BCUT2D eigenvalue weighted by molar-refractivity contribution is 7.89. The minimum absolute atomic E-state index is 0.0118. The molecule has 0 saturated heterocycles. The molecule has 0 aliphatic rings. The van der Waals surface area contributed by atoms with Crippen molar-refractivity contribution in [3.8, 4) is 6.07 Å². The minimum atomic E-state index is -3.74. The Kier molecular flexibility index (Phi) is 3.75.